The summed E-state index contributed by atoms with van der Waals surface area (Å²) >= 11 is 18.0. The van der Waals surface area contributed by atoms with Gasteiger partial charge in [0.1, 0.15) is 6.04 Å². The van der Waals surface area contributed by atoms with Gasteiger partial charge in [-0.2, -0.15) is 0 Å². The number of benzene rings is 3. The van der Waals surface area contributed by atoms with Crippen LogP contribution in [-0.2, 0) is 14.3 Å². The molecule has 12 heteroatoms. The first kappa shape index (κ1) is 32.7. The first-order valence-electron chi connectivity index (χ1n) is 14.9. The molecule has 0 radical (unpaired) electrons. The van der Waals surface area contributed by atoms with Crippen molar-refractivity contribution in [3.05, 3.63) is 88.4 Å². The molecule has 0 spiro atoms. The van der Waals surface area contributed by atoms with Crippen LogP contribution < -0.4 is 15.1 Å². The zero-order valence-corrected chi connectivity index (χ0v) is 27.3. The Kier molecular flexibility index (Phi) is 10.9. The number of hydrogen-bond donors (Lipinski definition) is 1. The van der Waals surface area contributed by atoms with Crippen LogP contribution in [0.1, 0.15) is 30.1 Å². The Morgan fingerprint density at radius 2 is 1.62 bits per heavy atom. The zero-order valence-electron chi connectivity index (χ0n) is 25.0. The summed E-state index contributed by atoms with van der Waals surface area (Å²) < 4.78 is 5.08. The molecular weight excluding hydrogens is 633 g/mol. The summed E-state index contributed by atoms with van der Waals surface area (Å²) in [7, 11) is 0. The van der Waals surface area contributed by atoms with Crippen LogP contribution in [-0.4, -0.2) is 84.6 Å². The van der Waals surface area contributed by atoms with Gasteiger partial charge in [-0.25, -0.2) is 4.79 Å². The number of halogens is 2. The largest absolute Gasteiger partial charge is 0.462 e. The number of esters is 1. The SMILES string of the molecule is CCOC(=O)c1ccc(N2C(=O)[C@@H](CC(=O)Nc3ccc(Cl)cc3)N(CCCN3CCN(c4cccc(Cl)c4)CC3)C2=S)cc1. The van der Waals surface area contributed by atoms with Crippen molar-refractivity contribution < 1.29 is 19.1 Å². The third-order valence-corrected chi connectivity index (χ3v) is 8.79. The van der Waals surface area contributed by atoms with Gasteiger partial charge in [-0.3, -0.25) is 19.4 Å². The summed E-state index contributed by atoms with van der Waals surface area (Å²) in [6.45, 7) is 6.94. The fourth-order valence-electron chi connectivity index (χ4n) is 5.57. The molecule has 0 aromatic heterocycles. The average Bonchev–Trinajstić information content (AvgIpc) is 3.26. The van der Waals surface area contributed by atoms with E-state index in [2.05, 4.69) is 21.2 Å². The highest BCUT2D eigenvalue weighted by Crippen LogP contribution is 2.29. The zero-order chi connectivity index (χ0) is 31.9. The number of anilines is 3. The number of carbonyl (C=O) groups is 3. The van der Waals surface area contributed by atoms with Crippen molar-refractivity contribution in [2.24, 2.45) is 0 Å². The van der Waals surface area contributed by atoms with Crippen LogP contribution in [0.3, 0.4) is 0 Å². The standard InChI is InChI=1S/C33H35Cl2N5O4S/c1-2-44-32(43)23-7-13-27(14-8-23)40-31(42)29(22-30(41)36-26-11-9-24(34)10-12-26)39(33(40)45)16-4-15-37-17-19-38(20-18-37)28-6-3-5-25(35)21-28/h3,5-14,21,29H,2,4,15-20,22H2,1H3,(H,36,41)/t29-/m1/s1. The number of amides is 2. The number of piperazine rings is 1. The van der Waals surface area contributed by atoms with Crippen molar-refractivity contribution in [2.45, 2.75) is 25.8 Å². The van der Waals surface area contributed by atoms with Gasteiger partial charge in [0.25, 0.3) is 5.91 Å². The maximum atomic E-state index is 13.8. The van der Waals surface area contributed by atoms with Crippen molar-refractivity contribution in [3.8, 4) is 0 Å². The van der Waals surface area contributed by atoms with Crippen LogP contribution in [0.25, 0.3) is 0 Å². The second-order valence-electron chi connectivity index (χ2n) is 10.9. The summed E-state index contributed by atoms with van der Waals surface area (Å²) in [4.78, 5) is 47.1. The molecule has 5 rings (SSSR count). The Hall–Kier alpha value is -3.70. The van der Waals surface area contributed by atoms with E-state index in [1.807, 2.05) is 23.1 Å². The van der Waals surface area contributed by atoms with E-state index in [1.165, 1.54) is 4.90 Å². The second-order valence-corrected chi connectivity index (χ2v) is 12.1. The van der Waals surface area contributed by atoms with Crippen LogP contribution in [0.4, 0.5) is 17.1 Å². The lowest BCUT2D eigenvalue weighted by Gasteiger charge is -2.36. The van der Waals surface area contributed by atoms with Gasteiger partial charge in [-0.05, 0) is 98.8 Å². The lowest BCUT2D eigenvalue weighted by atomic mass is 10.1. The highest BCUT2D eigenvalue weighted by atomic mass is 35.5. The summed E-state index contributed by atoms with van der Waals surface area (Å²) in [5, 5.41) is 4.48. The molecule has 2 saturated heterocycles. The minimum absolute atomic E-state index is 0.0721. The highest BCUT2D eigenvalue weighted by Gasteiger charge is 2.44. The minimum atomic E-state index is -0.769. The normalized spacial score (nSPS) is 17.1. The quantitative estimate of drug-likeness (QED) is 0.206. The molecule has 2 fully saturated rings. The van der Waals surface area contributed by atoms with E-state index >= 15 is 0 Å². The Balaban J connectivity index is 1.25. The molecule has 0 unspecified atom stereocenters. The first-order chi connectivity index (χ1) is 21.7. The molecule has 2 aliphatic rings. The van der Waals surface area contributed by atoms with Crippen molar-refractivity contribution >= 4 is 75.4 Å². The van der Waals surface area contributed by atoms with Gasteiger partial charge in [-0.1, -0.05) is 29.3 Å². The average molecular weight is 669 g/mol. The Labute approximate surface area is 278 Å². The van der Waals surface area contributed by atoms with E-state index in [0.29, 0.717) is 33.6 Å². The third-order valence-electron chi connectivity index (χ3n) is 7.88. The van der Waals surface area contributed by atoms with Crippen LogP contribution in [0.5, 0.6) is 0 Å². The van der Waals surface area contributed by atoms with Crippen LogP contribution >= 0.6 is 35.4 Å². The summed E-state index contributed by atoms with van der Waals surface area (Å²) in [5.74, 6) is -1.03. The predicted octanol–water partition coefficient (Wildman–Crippen LogP) is 5.71. The van der Waals surface area contributed by atoms with Crippen molar-refractivity contribution in [2.75, 3.05) is 61.0 Å². The fourth-order valence-corrected chi connectivity index (χ4v) is 6.30. The van der Waals surface area contributed by atoms with Gasteiger partial charge >= 0.3 is 5.97 Å². The van der Waals surface area contributed by atoms with E-state index in [4.69, 9.17) is 40.2 Å². The van der Waals surface area contributed by atoms with Gasteiger partial charge in [0.15, 0.2) is 5.11 Å². The molecule has 2 aliphatic heterocycles. The van der Waals surface area contributed by atoms with Crippen LogP contribution in [0, 0.1) is 0 Å². The first-order valence-corrected chi connectivity index (χ1v) is 16.1. The fraction of sp³-hybridized carbons (Fsp3) is 0.333. The number of rotatable bonds is 11. The molecule has 9 nitrogen and oxygen atoms in total. The summed E-state index contributed by atoms with van der Waals surface area (Å²) in [5.41, 5.74) is 2.62. The summed E-state index contributed by atoms with van der Waals surface area (Å²) in [6.07, 6.45) is 0.687. The molecule has 3 aromatic carbocycles. The number of nitrogens with one attached hydrogen (secondary N) is 1. The molecule has 0 aliphatic carbocycles. The molecule has 2 heterocycles. The van der Waals surface area contributed by atoms with Gasteiger partial charge in [0.05, 0.1) is 24.3 Å². The lowest BCUT2D eigenvalue weighted by Crippen LogP contribution is -2.47. The predicted molar refractivity (Wildman–Crippen MR) is 182 cm³/mol. The van der Waals surface area contributed by atoms with E-state index in [-0.39, 0.29) is 24.8 Å². The Morgan fingerprint density at radius 1 is 0.911 bits per heavy atom. The van der Waals surface area contributed by atoms with Gasteiger partial charge in [0, 0.05) is 54.1 Å². The van der Waals surface area contributed by atoms with E-state index < -0.39 is 12.0 Å². The molecule has 45 heavy (non-hydrogen) atoms. The van der Waals surface area contributed by atoms with E-state index in [9.17, 15) is 14.4 Å². The molecule has 0 saturated carbocycles. The number of ether oxygens (including phenoxy) is 1. The molecule has 1 atom stereocenters. The summed E-state index contributed by atoms with van der Waals surface area (Å²) in [6, 6.07) is 20.5. The maximum Gasteiger partial charge on any atom is 0.338 e. The van der Waals surface area contributed by atoms with Crippen molar-refractivity contribution in [1.82, 2.24) is 9.80 Å². The molecule has 3 aromatic rings. The van der Waals surface area contributed by atoms with Crippen LogP contribution in [0.15, 0.2) is 72.8 Å². The number of carbonyl (C=O) groups excluding carboxylic acids is 3. The second kappa shape index (κ2) is 15.1. The Morgan fingerprint density at radius 3 is 2.29 bits per heavy atom. The number of nitrogens with zero attached hydrogens (tertiary/aromatic N) is 4. The van der Waals surface area contributed by atoms with Crippen molar-refractivity contribution in [1.29, 1.82) is 0 Å². The van der Waals surface area contributed by atoms with E-state index in [0.717, 1.165) is 49.9 Å². The minimum Gasteiger partial charge on any atom is -0.462 e. The smallest absolute Gasteiger partial charge is 0.338 e. The van der Waals surface area contributed by atoms with Crippen molar-refractivity contribution in [3.63, 3.8) is 0 Å². The monoisotopic (exact) mass is 667 g/mol. The molecule has 236 valence electrons. The molecule has 0 bridgehead atoms. The van der Waals surface area contributed by atoms with Gasteiger partial charge < -0.3 is 19.9 Å². The van der Waals surface area contributed by atoms with Gasteiger partial charge in [-0.15, -0.1) is 0 Å². The lowest BCUT2D eigenvalue weighted by molar-refractivity contribution is -0.124. The molecule has 1 N–H and O–H groups in total. The highest BCUT2D eigenvalue weighted by molar-refractivity contribution is 7.80. The Bertz CT molecular complexity index is 1530. The molecule has 2 amide bonds. The van der Waals surface area contributed by atoms with Gasteiger partial charge in [0.2, 0.25) is 5.91 Å². The number of thiocarbonyl (C=S) groups is 1. The topological polar surface area (TPSA) is 85.4 Å². The third kappa shape index (κ3) is 8.12. The number of hydrogen-bond acceptors (Lipinski definition) is 7. The van der Waals surface area contributed by atoms with E-state index in [1.54, 1.807) is 55.5 Å². The van der Waals surface area contributed by atoms with Crippen LogP contribution in [0.2, 0.25) is 10.0 Å². The molecular formula is C33H35Cl2N5O4S. The maximum absolute atomic E-state index is 13.8.